The molecule has 1 unspecified atom stereocenters. The average Bonchev–Trinajstić information content (AvgIpc) is 2.14. The second-order valence-electron chi connectivity index (χ2n) is 4.41. The van der Waals surface area contributed by atoms with Crippen molar-refractivity contribution in [1.82, 2.24) is 10.4 Å². The molecule has 0 aliphatic rings. The van der Waals surface area contributed by atoms with Crippen LogP contribution in [0.2, 0.25) is 0 Å². The molecule has 0 rings (SSSR count). The summed E-state index contributed by atoms with van der Waals surface area (Å²) in [4.78, 5) is 21.8. The number of aliphatic carboxylic acids is 1. The minimum absolute atomic E-state index is 0.00621. The summed E-state index contributed by atoms with van der Waals surface area (Å²) < 4.78 is 0. The summed E-state index contributed by atoms with van der Waals surface area (Å²) >= 11 is 0. The van der Waals surface area contributed by atoms with Crippen LogP contribution in [0.3, 0.4) is 0 Å². The van der Waals surface area contributed by atoms with Gasteiger partial charge in [-0.1, -0.05) is 0 Å². The van der Waals surface area contributed by atoms with Crippen molar-refractivity contribution < 1.29 is 19.8 Å². The highest BCUT2D eigenvalue weighted by atomic mass is 16.4. The van der Waals surface area contributed by atoms with E-state index in [0.717, 1.165) is 5.01 Å². The Bertz CT molecular complexity index is 285. The highest BCUT2D eigenvalue weighted by Gasteiger charge is 2.18. The van der Waals surface area contributed by atoms with Gasteiger partial charge < -0.3 is 21.7 Å². The number of hydrazine groups is 1. The van der Waals surface area contributed by atoms with E-state index in [9.17, 15) is 14.7 Å². The smallest absolute Gasteiger partial charge is 0.319 e. The Labute approximate surface area is 106 Å². The van der Waals surface area contributed by atoms with Crippen molar-refractivity contribution in [2.45, 2.75) is 38.0 Å². The number of amides is 1. The molecule has 18 heavy (non-hydrogen) atoms. The monoisotopic (exact) mass is 262 g/mol. The van der Waals surface area contributed by atoms with Crippen LogP contribution in [0.4, 0.5) is 0 Å². The first-order valence-electron chi connectivity index (χ1n) is 5.64. The normalized spacial score (nSPS) is 16.1. The Kier molecular flexibility index (Phi) is 7.44. The highest BCUT2D eigenvalue weighted by Crippen LogP contribution is 2.03. The molecular formula is C10H22N4O4. The number of carboxylic acids is 1. The fourth-order valence-corrected chi connectivity index (χ4v) is 1.35. The van der Waals surface area contributed by atoms with Crippen LogP contribution in [0, 0.1) is 0 Å². The highest BCUT2D eigenvalue weighted by molar-refractivity contribution is 5.76. The molecule has 106 valence electrons. The van der Waals surface area contributed by atoms with Crippen molar-refractivity contribution in [2.75, 3.05) is 13.6 Å². The van der Waals surface area contributed by atoms with E-state index in [-0.39, 0.29) is 19.4 Å². The van der Waals surface area contributed by atoms with E-state index in [1.165, 1.54) is 7.05 Å². The molecule has 0 saturated heterocycles. The van der Waals surface area contributed by atoms with Crippen LogP contribution in [0.25, 0.3) is 0 Å². The van der Waals surface area contributed by atoms with Crippen molar-refractivity contribution >= 4 is 11.9 Å². The molecule has 0 spiro atoms. The number of likely N-dealkylation sites (N-methyl/N-ethyl adjacent to an activating group) is 1. The second-order valence-corrected chi connectivity index (χ2v) is 4.41. The van der Waals surface area contributed by atoms with Crippen LogP contribution in [-0.4, -0.2) is 58.9 Å². The zero-order valence-electron chi connectivity index (χ0n) is 10.7. The number of rotatable bonds is 8. The summed E-state index contributed by atoms with van der Waals surface area (Å²) in [6.07, 6.45) is -0.550. The number of carbonyl (C=O) groups is 2. The summed E-state index contributed by atoms with van der Waals surface area (Å²) in [7, 11) is 1.44. The topological polar surface area (TPSA) is 142 Å². The fraction of sp³-hybridized carbons (Fsp3) is 0.800. The van der Waals surface area contributed by atoms with Crippen LogP contribution >= 0.6 is 0 Å². The number of nitrogens with one attached hydrogen (secondary N) is 1. The molecule has 8 heteroatoms. The Morgan fingerprint density at radius 3 is 2.39 bits per heavy atom. The van der Waals surface area contributed by atoms with E-state index in [4.69, 9.17) is 16.6 Å². The van der Waals surface area contributed by atoms with Crippen molar-refractivity contribution in [3.8, 4) is 0 Å². The summed E-state index contributed by atoms with van der Waals surface area (Å²) in [6.45, 7) is 1.35. The standard InChI is InChI=1S/C10H22N4O4/c1-6(11)8(15)3-7(12)4-9(16)13-14(2)5-10(17)18/h6-8,15H,3-5,11-12H2,1-2H3,(H,13,16)(H,17,18)/t6?,7-,8-/m1/s1. The van der Waals surface area contributed by atoms with E-state index < -0.39 is 30.1 Å². The summed E-state index contributed by atoms with van der Waals surface area (Å²) in [6, 6.07) is -0.932. The molecule has 0 radical (unpaired) electrons. The zero-order valence-corrected chi connectivity index (χ0v) is 10.7. The predicted octanol–water partition coefficient (Wildman–Crippen LogP) is -2.15. The minimum atomic E-state index is -1.05. The fourth-order valence-electron chi connectivity index (χ4n) is 1.35. The Balaban J connectivity index is 3.97. The summed E-state index contributed by atoms with van der Waals surface area (Å²) in [5, 5.41) is 19.1. The van der Waals surface area contributed by atoms with Gasteiger partial charge in [0.2, 0.25) is 5.91 Å². The number of carboxylic acid groups (broad SMARTS) is 1. The molecule has 0 aromatic heterocycles. The van der Waals surface area contributed by atoms with Gasteiger partial charge in [0.05, 0.1) is 6.10 Å². The molecule has 0 aliphatic heterocycles. The van der Waals surface area contributed by atoms with Gasteiger partial charge in [-0.3, -0.25) is 15.0 Å². The largest absolute Gasteiger partial charge is 0.480 e. The lowest BCUT2D eigenvalue weighted by atomic mass is 10.0. The number of hydrogen-bond acceptors (Lipinski definition) is 6. The van der Waals surface area contributed by atoms with Crippen LogP contribution in [0.5, 0.6) is 0 Å². The number of hydrogen-bond donors (Lipinski definition) is 5. The van der Waals surface area contributed by atoms with Gasteiger partial charge >= 0.3 is 5.97 Å². The molecule has 0 bridgehead atoms. The Morgan fingerprint density at radius 2 is 1.94 bits per heavy atom. The second kappa shape index (κ2) is 7.98. The molecule has 3 atom stereocenters. The maximum atomic E-state index is 11.5. The van der Waals surface area contributed by atoms with Gasteiger partial charge in [-0.05, 0) is 13.3 Å². The molecule has 0 fully saturated rings. The van der Waals surface area contributed by atoms with Gasteiger partial charge in [0, 0.05) is 25.6 Å². The van der Waals surface area contributed by atoms with Crippen molar-refractivity contribution in [1.29, 1.82) is 0 Å². The molecule has 1 amide bonds. The predicted molar refractivity (Wildman–Crippen MR) is 65.3 cm³/mol. The first-order chi connectivity index (χ1) is 8.22. The number of aliphatic hydroxyl groups is 1. The van der Waals surface area contributed by atoms with Crippen molar-refractivity contribution in [3.63, 3.8) is 0 Å². The Hall–Kier alpha value is -1.22. The van der Waals surface area contributed by atoms with Crippen LogP contribution in [0.1, 0.15) is 19.8 Å². The third-order valence-electron chi connectivity index (χ3n) is 2.29. The van der Waals surface area contributed by atoms with Crippen LogP contribution < -0.4 is 16.9 Å². The van der Waals surface area contributed by atoms with Crippen LogP contribution in [-0.2, 0) is 9.59 Å². The molecule has 0 aromatic carbocycles. The van der Waals surface area contributed by atoms with Gasteiger partial charge in [0.15, 0.2) is 0 Å². The minimum Gasteiger partial charge on any atom is -0.480 e. The lowest BCUT2D eigenvalue weighted by molar-refractivity contribution is -0.139. The van der Waals surface area contributed by atoms with E-state index >= 15 is 0 Å². The first kappa shape index (κ1) is 16.8. The maximum absolute atomic E-state index is 11.5. The quantitative estimate of drug-likeness (QED) is 0.314. The van der Waals surface area contributed by atoms with E-state index in [2.05, 4.69) is 5.43 Å². The lowest BCUT2D eigenvalue weighted by Crippen LogP contribution is -2.45. The van der Waals surface area contributed by atoms with Gasteiger partial charge in [-0.25, -0.2) is 5.01 Å². The zero-order chi connectivity index (χ0) is 14.3. The molecule has 8 nitrogen and oxygen atoms in total. The van der Waals surface area contributed by atoms with Crippen LogP contribution in [0.15, 0.2) is 0 Å². The third-order valence-corrected chi connectivity index (χ3v) is 2.29. The van der Waals surface area contributed by atoms with E-state index in [1.807, 2.05) is 0 Å². The Morgan fingerprint density at radius 1 is 1.39 bits per heavy atom. The summed E-state index contributed by atoms with van der Waals surface area (Å²) in [5.41, 5.74) is 13.5. The number of nitrogens with zero attached hydrogens (tertiary/aromatic N) is 1. The molecule has 0 heterocycles. The van der Waals surface area contributed by atoms with Gasteiger partial charge in [0.1, 0.15) is 6.54 Å². The summed E-state index contributed by atoms with van der Waals surface area (Å²) in [5.74, 6) is -1.45. The molecule has 0 saturated carbocycles. The van der Waals surface area contributed by atoms with Gasteiger partial charge in [0.25, 0.3) is 0 Å². The number of nitrogens with two attached hydrogens (primary N) is 2. The molecular weight excluding hydrogens is 240 g/mol. The molecule has 0 aliphatic carbocycles. The third kappa shape index (κ3) is 7.96. The average molecular weight is 262 g/mol. The molecule has 0 aromatic rings. The van der Waals surface area contributed by atoms with E-state index in [0.29, 0.717) is 0 Å². The van der Waals surface area contributed by atoms with E-state index in [1.54, 1.807) is 6.92 Å². The molecule has 7 N–H and O–H groups in total. The van der Waals surface area contributed by atoms with Crippen molar-refractivity contribution in [2.24, 2.45) is 11.5 Å². The maximum Gasteiger partial charge on any atom is 0.319 e. The lowest BCUT2D eigenvalue weighted by Gasteiger charge is -2.20. The van der Waals surface area contributed by atoms with Crippen molar-refractivity contribution in [3.05, 3.63) is 0 Å². The SMILES string of the molecule is CC(N)[C@H](O)C[C@@H](N)CC(=O)NN(C)CC(=O)O. The first-order valence-corrected chi connectivity index (χ1v) is 5.64. The number of carbonyl (C=O) groups excluding carboxylic acids is 1. The van der Waals surface area contributed by atoms with Gasteiger partial charge in [-0.2, -0.15) is 0 Å². The van der Waals surface area contributed by atoms with Gasteiger partial charge in [-0.15, -0.1) is 0 Å². The number of aliphatic hydroxyl groups excluding tert-OH is 1.